The van der Waals surface area contributed by atoms with Crippen LogP contribution >= 0.6 is 23.2 Å². The molecular formula is C5H4Cl2N4O. The van der Waals surface area contributed by atoms with Gasteiger partial charge < -0.3 is 0 Å². The van der Waals surface area contributed by atoms with Gasteiger partial charge in [0.2, 0.25) is 0 Å². The molecule has 12 heavy (non-hydrogen) atoms. The Labute approximate surface area is 77.8 Å². The van der Waals surface area contributed by atoms with Gasteiger partial charge in [-0.05, 0) is 6.07 Å². The summed E-state index contributed by atoms with van der Waals surface area (Å²) in [5, 5.41) is 6.88. The lowest BCUT2D eigenvalue weighted by atomic mass is 10.3. The second-order valence-corrected chi connectivity index (χ2v) is 2.59. The standard InChI is InChI=1S/C5H4Cl2N4O/c6-3-1-2(5(12)9-8)4(7)11-10-3/h1H,8H2,(H,9,12). The fourth-order valence-corrected chi connectivity index (χ4v) is 0.915. The highest BCUT2D eigenvalue weighted by atomic mass is 35.5. The minimum absolute atomic E-state index is 0.0395. The molecule has 0 spiro atoms. The molecule has 0 unspecified atom stereocenters. The van der Waals surface area contributed by atoms with E-state index >= 15 is 0 Å². The molecule has 0 radical (unpaired) electrons. The molecule has 1 aromatic rings. The van der Waals surface area contributed by atoms with Crippen molar-refractivity contribution in [2.45, 2.75) is 0 Å². The number of halogens is 2. The van der Waals surface area contributed by atoms with Crippen molar-refractivity contribution >= 4 is 29.1 Å². The molecule has 7 heteroatoms. The number of nitrogens with two attached hydrogens (primary N) is 1. The molecule has 0 saturated carbocycles. The van der Waals surface area contributed by atoms with Crippen LogP contribution in [0.3, 0.4) is 0 Å². The molecule has 0 bridgehead atoms. The van der Waals surface area contributed by atoms with Crippen molar-refractivity contribution in [1.82, 2.24) is 15.6 Å². The van der Waals surface area contributed by atoms with Gasteiger partial charge in [0.1, 0.15) is 0 Å². The van der Waals surface area contributed by atoms with Crippen LogP contribution < -0.4 is 11.3 Å². The van der Waals surface area contributed by atoms with E-state index in [1.165, 1.54) is 6.07 Å². The summed E-state index contributed by atoms with van der Waals surface area (Å²) in [7, 11) is 0. The lowest BCUT2D eigenvalue weighted by Gasteiger charge is -1.99. The van der Waals surface area contributed by atoms with Crippen molar-refractivity contribution in [2.75, 3.05) is 0 Å². The molecule has 64 valence electrons. The van der Waals surface area contributed by atoms with Crippen molar-refractivity contribution in [2.24, 2.45) is 5.84 Å². The van der Waals surface area contributed by atoms with Crippen LogP contribution in [0.2, 0.25) is 10.3 Å². The number of hydrogen-bond donors (Lipinski definition) is 2. The van der Waals surface area contributed by atoms with E-state index in [2.05, 4.69) is 10.2 Å². The Morgan fingerprint density at radius 2 is 2.17 bits per heavy atom. The lowest BCUT2D eigenvalue weighted by Crippen LogP contribution is -2.30. The highest BCUT2D eigenvalue weighted by Gasteiger charge is 2.10. The third-order valence-electron chi connectivity index (χ3n) is 1.09. The zero-order valence-electron chi connectivity index (χ0n) is 5.71. The predicted octanol–water partition coefficient (Wildman–Crippen LogP) is 0.387. The monoisotopic (exact) mass is 206 g/mol. The van der Waals surface area contributed by atoms with E-state index in [-0.39, 0.29) is 15.9 Å². The topological polar surface area (TPSA) is 80.9 Å². The number of hydrogen-bond acceptors (Lipinski definition) is 4. The molecule has 0 aliphatic carbocycles. The summed E-state index contributed by atoms with van der Waals surface area (Å²) in [5.41, 5.74) is 2.00. The van der Waals surface area contributed by atoms with Gasteiger partial charge in [0, 0.05) is 0 Å². The van der Waals surface area contributed by atoms with E-state index in [9.17, 15) is 4.79 Å². The van der Waals surface area contributed by atoms with Gasteiger partial charge in [-0.2, -0.15) is 0 Å². The third-order valence-corrected chi connectivity index (χ3v) is 1.56. The van der Waals surface area contributed by atoms with Crippen molar-refractivity contribution < 1.29 is 4.79 Å². The van der Waals surface area contributed by atoms with Crippen molar-refractivity contribution in [3.63, 3.8) is 0 Å². The summed E-state index contributed by atoms with van der Waals surface area (Å²) < 4.78 is 0. The highest BCUT2D eigenvalue weighted by Crippen LogP contribution is 2.14. The summed E-state index contributed by atoms with van der Waals surface area (Å²) in [6.07, 6.45) is 0. The summed E-state index contributed by atoms with van der Waals surface area (Å²) in [4.78, 5) is 10.9. The fourth-order valence-electron chi connectivity index (χ4n) is 0.590. The van der Waals surface area contributed by atoms with Crippen LogP contribution in [0.1, 0.15) is 10.4 Å². The molecule has 3 N–H and O–H groups in total. The highest BCUT2D eigenvalue weighted by molar-refractivity contribution is 6.34. The number of carbonyl (C=O) groups excluding carboxylic acids is 1. The summed E-state index contributed by atoms with van der Waals surface area (Å²) in [6, 6.07) is 1.28. The molecule has 0 aliphatic heterocycles. The number of nitrogens with zero attached hydrogens (tertiary/aromatic N) is 2. The summed E-state index contributed by atoms with van der Waals surface area (Å²) >= 11 is 11.0. The number of aromatic nitrogens is 2. The predicted molar refractivity (Wildman–Crippen MR) is 43.7 cm³/mol. The zero-order valence-corrected chi connectivity index (χ0v) is 7.23. The van der Waals surface area contributed by atoms with Gasteiger partial charge in [-0.3, -0.25) is 10.2 Å². The molecule has 0 aliphatic rings. The molecule has 0 aromatic carbocycles. The minimum atomic E-state index is -0.559. The second kappa shape index (κ2) is 3.66. The molecule has 0 atom stereocenters. The van der Waals surface area contributed by atoms with Gasteiger partial charge in [0.25, 0.3) is 5.91 Å². The first-order valence-corrected chi connectivity index (χ1v) is 3.60. The molecule has 0 fully saturated rings. The molecule has 1 heterocycles. The number of carbonyl (C=O) groups is 1. The SMILES string of the molecule is NNC(=O)c1cc(Cl)nnc1Cl. The van der Waals surface area contributed by atoms with Crippen LogP contribution in [0.4, 0.5) is 0 Å². The lowest BCUT2D eigenvalue weighted by molar-refractivity contribution is 0.0953. The van der Waals surface area contributed by atoms with Crippen LogP contribution in [0.15, 0.2) is 6.07 Å². The van der Waals surface area contributed by atoms with Crippen molar-refractivity contribution in [3.05, 3.63) is 21.9 Å². The van der Waals surface area contributed by atoms with Crippen LogP contribution in [-0.2, 0) is 0 Å². The van der Waals surface area contributed by atoms with Gasteiger partial charge in [0.05, 0.1) is 5.56 Å². The van der Waals surface area contributed by atoms with Gasteiger partial charge >= 0.3 is 0 Å². The van der Waals surface area contributed by atoms with Gasteiger partial charge in [-0.25, -0.2) is 5.84 Å². The van der Waals surface area contributed by atoms with Gasteiger partial charge in [-0.1, -0.05) is 23.2 Å². The maximum absolute atomic E-state index is 10.9. The van der Waals surface area contributed by atoms with Crippen LogP contribution in [0.25, 0.3) is 0 Å². The number of hydrazine groups is 1. The van der Waals surface area contributed by atoms with Crippen LogP contribution in [0, 0.1) is 0 Å². The molecule has 0 saturated heterocycles. The Kier molecular flexibility index (Phi) is 2.80. The van der Waals surface area contributed by atoms with Crippen molar-refractivity contribution in [1.29, 1.82) is 0 Å². The second-order valence-electron chi connectivity index (χ2n) is 1.85. The smallest absolute Gasteiger partial charge is 0.268 e. The number of nitrogen functional groups attached to an aromatic ring is 1. The minimum Gasteiger partial charge on any atom is -0.290 e. The molecule has 1 aromatic heterocycles. The summed E-state index contributed by atoms with van der Waals surface area (Å²) in [5.74, 6) is 4.32. The zero-order chi connectivity index (χ0) is 9.14. The Morgan fingerprint density at radius 3 is 2.75 bits per heavy atom. The van der Waals surface area contributed by atoms with E-state index in [1.807, 2.05) is 5.43 Å². The van der Waals surface area contributed by atoms with E-state index in [0.29, 0.717) is 0 Å². The average molecular weight is 207 g/mol. The van der Waals surface area contributed by atoms with E-state index in [4.69, 9.17) is 29.0 Å². The number of amides is 1. The van der Waals surface area contributed by atoms with E-state index in [0.717, 1.165) is 0 Å². The third kappa shape index (κ3) is 1.82. The number of rotatable bonds is 1. The Hall–Kier alpha value is -0.910. The molecule has 1 rings (SSSR count). The normalized spacial score (nSPS) is 9.58. The Morgan fingerprint density at radius 1 is 1.50 bits per heavy atom. The molecule has 5 nitrogen and oxygen atoms in total. The molecular weight excluding hydrogens is 203 g/mol. The first-order chi connectivity index (χ1) is 5.65. The first kappa shape index (κ1) is 9.18. The van der Waals surface area contributed by atoms with Gasteiger partial charge in [-0.15, -0.1) is 10.2 Å². The van der Waals surface area contributed by atoms with Crippen LogP contribution in [-0.4, -0.2) is 16.1 Å². The average Bonchev–Trinajstić information content (AvgIpc) is 2.08. The Bertz CT molecular complexity index is 316. The van der Waals surface area contributed by atoms with Crippen molar-refractivity contribution in [3.8, 4) is 0 Å². The molecule has 1 amide bonds. The maximum Gasteiger partial charge on any atom is 0.268 e. The van der Waals surface area contributed by atoms with E-state index in [1.54, 1.807) is 0 Å². The van der Waals surface area contributed by atoms with Gasteiger partial charge in [0.15, 0.2) is 10.3 Å². The van der Waals surface area contributed by atoms with Crippen LogP contribution in [0.5, 0.6) is 0 Å². The van der Waals surface area contributed by atoms with E-state index < -0.39 is 5.91 Å². The first-order valence-electron chi connectivity index (χ1n) is 2.85. The summed E-state index contributed by atoms with van der Waals surface area (Å²) in [6.45, 7) is 0. The number of nitrogens with one attached hydrogen (secondary N) is 1. The largest absolute Gasteiger partial charge is 0.290 e. The fraction of sp³-hybridized carbons (Fsp3) is 0. The quantitative estimate of drug-likeness (QED) is 0.396. The maximum atomic E-state index is 10.9. The Balaban J connectivity index is 3.13.